The third-order valence-corrected chi connectivity index (χ3v) is 7.41. The smallest absolute Gasteiger partial charge is 0.271 e. The lowest BCUT2D eigenvalue weighted by Crippen LogP contribution is -2.43. The van der Waals surface area contributed by atoms with Crippen LogP contribution < -0.4 is 0 Å². The van der Waals surface area contributed by atoms with Crippen LogP contribution in [0.15, 0.2) is 0 Å². The number of amides is 6. The quantitative estimate of drug-likeness (QED) is 0.354. The van der Waals surface area contributed by atoms with E-state index in [1.54, 1.807) is 13.8 Å². The van der Waals surface area contributed by atoms with Gasteiger partial charge in [-0.05, 0) is 26.7 Å². The van der Waals surface area contributed by atoms with E-state index in [9.17, 15) is 19.2 Å². The van der Waals surface area contributed by atoms with Gasteiger partial charge in [0.05, 0.1) is 64.6 Å². The predicted octanol–water partition coefficient (Wildman–Crippen LogP) is 4.08. The number of nitrogens with zero attached hydrogens (tertiary/aromatic N) is 4. The van der Waals surface area contributed by atoms with E-state index in [0.717, 1.165) is 7.85 Å². The Morgan fingerprint density at radius 1 is 0.750 bits per heavy atom. The molecule has 0 unspecified atom stereocenters. The van der Waals surface area contributed by atoms with Crippen LogP contribution in [0.25, 0.3) is 0 Å². The monoisotopic (exact) mass is 596 g/mol. The lowest BCUT2D eigenvalue weighted by atomic mass is 9.93. The number of urea groups is 2. The second-order valence-electron chi connectivity index (χ2n) is 5.60. The molecule has 2 rings (SSSR count). The van der Waals surface area contributed by atoms with E-state index in [0.29, 0.717) is 12.8 Å². The maximum Gasteiger partial charge on any atom is 0.348 e. The van der Waals surface area contributed by atoms with Crippen LogP contribution in [-0.2, 0) is 9.59 Å². The summed E-state index contributed by atoms with van der Waals surface area (Å²) in [4.78, 5) is 45.4. The molecular weight excluding hydrogens is 584 g/mol. The van der Waals surface area contributed by atoms with Crippen LogP contribution >= 0.6 is 64.6 Å². The third kappa shape index (κ3) is 3.26. The van der Waals surface area contributed by atoms with Crippen molar-refractivity contribution in [2.45, 2.75) is 51.6 Å². The molecule has 0 aliphatic carbocycles. The predicted molar refractivity (Wildman–Crippen MR) is 101 cm³/mol. The van der Waals surface area contributed by atoms with Gasteiger partial charge in [-0.1, -0.05) is 13.8 Å². The molecule has 0 N–H and O–H groups in total. The number of halogens is 4. The molecule has 0 atom stereocenters. The van der Waals surface area contributed by atoms with Crippen LogP contribution in [-0.4, -0.2) is 50.7 Å². The van der Waals surface area contributed by atoms with Crippen molar-refractivity contribution in [2.75, 3.05) is 0 Å². The minimum atomic E-state index is -0.805. The van der Waals surface area contributed by atoms with Crippen molar-refractivity contribution in [3.8, 4) is 0 Å². The molecule has 0 aromatic rings. The van der Waals surface area contributed by atoms with E-state index in [2.05, 4.69) is 64.6 Å². The van der Waals surface area contributed by atoms with E-state index in [1.807, 2.05) is 13.8 Å². The van der Waals surface area contributed by atoms with E-state index >= 15 is 0 Å². The molecule has 0 saturated carbocycles. The summed E-state index contributed by atoms with van der Waals surface area (Å²) in [5.74, 6) is -0.487. The van der Waals surface area contributed by atoms with Gasteiger partial charge in [-0.15, -0.1) is 0 Å². The van der Waals surface area contributed by atoms with Gasteiger partial charge in [0.25, 0.3) is 11.8 Å². The van der Waals surface area contributed by atoms with Crippen LogP contribution in [0.5, 0.6) is 0 Å². The summed E-state index contributed by atoms with van der Waals surface area (Å²) in [6.07, 6.45) is 1.20. The molecular formula is C12H16Br4N4O4. The van der Waals surface area contributed by atoms with E-state index in [1.165, 1.54) is 7.85 Å². The zero-order chi connectivity index (χ0) is 19.0. The Labute approximate surface area is 174 Å². The molecule has 2 saturated heterocycles. The second kappa shape index (κ2) is 7.58. The van der Waals surface area contributed by atoms with Gasteiger partial charge in [0, 0.05) is 0 Å². The van der Waals surface area contributed by atoms with E-state index in [4.69, 9.17) is 0 Å². The number of imide groups is 2. The summed E-state index contributed by atoms with van der Waals surface area (Å²) in [7, 11) is 0. The molecule has 2 aliphatic heterocycles. The third-order valence-electron chi connectivity index (χ3n) is 3.99. The van der Waals surface area contributed by atoms with Crippen LogP contribution in [0.1, 0.15) is 40.5 Å². The fourth-order valence-electron chi connectivity index (χ4n) is 2.17. The van der Waals surface area contributed by atoms with Crippen LogP contribution in [0.4, 0.5) is 9.59 Å². The first-order chi connectivity index (χ1) is 10.9. The standard InChI is InChI=1S/C7H10Br2N2O2.C5H6Br2N2O2/c1-3-7(4-2)5(12)10(8)6(13)11(7)9;1-5(2)3(10)8(6)4(11)9(5)7/h3-4H2,1-2H3;1-2H3. The van der Waals surface area contributed by atoms with Crippen LogP contribution in [0.3, 0.4) is 0 Å². The first-order valence-corrected chi connectivity index (χ1v) is 9.74. The highest BCUT2D eigenvalue weighted by Crippen LogP contribution is 2.38. The van der Waals surface area contributed by atoms with Crippen LogP contribution in [0, 0.1) is 0 Å². The van der Waals surface area contributed by atoms with Gasteiger partial charge < -0.3 is 0 Å². The highest BCUT2D eigenvalue weighted by atomic mass is 79.9. The molecule has 8 nitrogen and oxygen atoms in total. The highest BCUT2D eigenvalue weighted by Gasteiger charge is 2.54. The largest absolute Gasteiger partial charge is 0.348 e. The van der Waals surface area contributed by atoms with Crippen molar-refractivity contribution in [3.63, 3.8) is 0 Å². The number of carbonyl (C=O) groups excluding carboxylic acids is 4. The summed E-state index contributed by atoms with van der Waals surface area (Å²) < 4.78 is 4.39. The number of hydrogen-bond donors (Lipinski definition) is 0. The Hall–Kier alpha value is -0.200. The molecule has 2 heterocycles. The minimum absolute atomic E-state index is 0.209. The molecule has 0 radical (unpaired) electrons. The zero-order valence-corrected chi connectivity index (χ0v) is 19.7. The lowest BCUT2D eigenvalue weighted by Gasteiger charge is -2.27. The maximum absolute atomic E-state index is 11.7. The lowest BCUT2D eigenvalue weighted by molar-refractivity contribution is -0.129. The maximum atomic E-state index is 11.7. The van der Waals surface area contributed by atoms with Gasteiger partial charge in [0.2, 0.25) is 0 Å². The molecule has 12 heteroatoms. The molecule has 0 spiro atoms. The van der Waals surface area contributed by atoms with Crippen molar-refractivity contribution in [1.82, 2.24) is 15.7 Å². The minimum Gasteiger partial charge on any atom is -0.271 e. The molecule has 0 aromatic carbocycles. The summed E-state index contributed by atoms with van der Waals surface area (Å²) in [6, 6.07) is -0.770. The Morgan fingerprint density at radius 2 is 1.12 bits per heavy atom. The topological polar surface area (TPSA) is 81.2 Å². The Balaban J connectivity index is 0.000000243. The van der Waals surface area contributed by atoms with Gasteiger partial charge in [0.1, 0.15) is 11.1 Å². The van der Waals surface area contributed by atoms with Gasteiger partial charge in [-0.3, -0.25) is 9.59 Å². The van der Waals surface area contributed by atoms with Gasteiger partial charge in [-0.2, -0.15) is 7.85 Å². The molecule has 2 aliphatic rings. The van der Waals surface area contributed by atoms with Crippen molar-refractivity contribution >= 4 is 88.5 Å². The molecule has 24 heavy (non-hydrogen) atoms. The summed E-state index contributed by atoms with van der Waals surface area (Å²) in [6.45, 7) is 7.08. The molecule has 0 aromatic heterocycles. The fraction of sp³-hybridized carbons (Fsp3) is 0.667. The highest BCUT2D eigenvalue weighted by molar-refractivity contribution is 9.09. The Bertz CT molecular complexity index is 581. The first-order valence-electron chi connectivity index (χ1n) is 6.90. The first kappa shape index (κ1) is 21.8. The van der Waals surface area contributed by atoms with Crippen LogP contribution in [0.2, 0.25) is 0 Å². The number of carbonyl (C=O) groups is 4. The second-order valence-corrected chi connectivity index (χ2v) is 8.43. The Kier molecular flexibility index (Phi) is 6.90. The molecule has 136 valence electrons. The summed E-state index contributed by atoms with van der Waals surface area (Å²) in [5.41, 5.74) is -1.53. The Morgan fingerprint density at radius 3 is 1.25 bits per heavy atom. The molecule has 0 bridgehead atoms. The molecule has 6 amide bonds. The van der Waals surface area contributed by atoms with Crippen molar-refractivity contribution in [3.05, 3.63) is 0 Å². The molecule has 2 fully saturated rings. The average molecular weight is 600 g/mol. The normalized spacial score (nSPS) is 22.3. The summed E-state index contributed by atoms with van der Waals surface area (Å²) >= 11 is 11.9. The van der Waals surface area contributed by atoms with Gasteiger partial charge >= 0.3 is 12.1 Å². The van der Waals surface area contributed by atoms with Crippen molar-refractivity contribution < 1.29 is 19.2 Å². The zero-order valence-electron chi connectivity index (χ0n) is 13.3. The summed E-state index contributed by atoms with van der Waals surface area (Å²) in [5, 5.41) is 0. The number of hydrogen-bond acceptors (Lipinski definition) is 4. The number of rotatable bonds is 2. The van der Waals surface area contributed by atoms with Gasteiger partial charge in [-0.25, -0.2) is 17.4 Å². The van der Waals surface area contributed by atoms with E-state index < -0.39 is 17.1 Å². The SMILES string of the molecule is CC1(C)C(=O)N(Br)C(=O)N1Br.CCC1(CC)C(=O)N(Br)C(=O)N1Br. The average Bonchev–Trinajstić information content (AvgIpc) is 2.81. The fourth-order valence-corrected chi connectivity index (χ4v) is 4.80. The van der Waals surface area contributed by atoms with Gasteiger partial charge in [0.15, 0.2) is 0 Å². The van der Waals surface area contributed by atoms with Crippen molar-refractivity contribution in [1.29, 1.82) is 0 Å². The van der Waals surface area contributed by atoms with E-state index in [-0.39, 0.29) is 17.8 Å². The van der Waals surface area contributed by atoms with Crippen molar-refractivity contribution in [2.24, 2.45) is 0 Å².